The van der Waals surface area contributed by atoms with Crippen LogP contribution in [0.4, 0.5) is 0 Å². The number of benzene rings is 1. The van der Waals surface area contributed by atoms with Crippen LogP contribution in [-0.2, 0) is 13.8 Å². The average molecular weight is 332 g/mol. The second-order valence-electron chi connectivity index (χ2n) is 5.73. The highest BCUT2D eigenvalue weighted by Crippen LogP contribution is 2.24. The van der Waals surface area contributed by atoms with Crippen LogP contribution in [0.2, 0.25) is 0 Å². The van der Waals surface area contributed by atoms with E-state index in [4.69, 9.17) is 15.4 Å². The Morgan fingerprint density at radius 2 is 1.95 bits per heavy atom. The molecule has 21 heavy (non-hydrogen) atoms. The molecule has 1 saturated heterocycles. The van der Waals surface area contributed by atoms with E-state index in [0.29, 0.717) is 12.2 Å². The van der Waals surface area contributed by atoms with Crippen molar-refractivity contribution in [2.24, 2.45) is 0 Å². The van der Waals surface area contributed by atoms with Crippen LogP contribution >= 0.6 is 10.7 Å². The summed E-state index contributed by atoms with van der Waals surface area (Å²) in [6.45, 7) is 4.60. The lowest BCUT2D eigenvalue weighted by molar-refractivity contribution is -0.0615. The quantitative estimate of drug-likeness (QED) is 0.863. The Bertz CT molecular complexity index is 625. The molecule has 116 valence electrons. The minimum absolute atomic E-state index is 0.0204. The Hall–Kier alpha value is -1.11. The normalized spacial score (nSPS) is 21.8. The molecule has 1 aromatic rings. The largest absolute Gasteiger partial charge is 0.375 e. The fourth-order valence-electron chi connectivity index (χ4n) is 2.39. The highest BCUT2D eigenvalue weighted by Gasteiger charge is 2.29. The van der Waals surface area contributed by atoms with Gasteiger partial charge >= 0.3 is 0 Å². The summed E-state index contributed by atoms with van der Waals surface area (Å²) < 4.78 is 27.9. The molecular weight excluding hydrogens is 314 g/mol. The highest BCUT2D eigenvalue weighted by molar-refractivity contribution is 8.13. The molecule has 2 rings (SSSR count). The van der Waals surface area contributed by atoms with Gasteiger partial charge in [0.2, 0.25) is 0 Å². The summed E-state index contributed by atoms with van der Waals surface area (Å²) >= 11 is 0. The number of nitrogens with one attached hydrogen (secondary N) is 1. The van der Waals surface area contributed by atoms with Gasteiger partial charge in [-0.1, -0.05) is 0 Å². The number of halogens is 1. The van der Waals surface area contributed by atoms with Crippen LogP contribution in [0, 0.1) is 0 Å². The smallest absolute Gasteiger partial charge is 0.261 e. The summed E-state index contributed by atoms with van der Waals surface area (Å²) in [5, 5.41) is 2.95. The zero-order valence-corrected chi connectivity index (χ0v) is 13.5. The Labute approximate surface area is 129 Å². The number of amides is 1. The molecule has 0 spiro atoms. The van der Waals surface area contributed by atoms with Crippen molar-refractivity contribution in [3.8, 4) is 0 Å². The summed E-state index contributed by atoms with van der Waals surface area (Å²) in [4.78, 5) is 12.1. The lowest BCUT2D eigenvalue weighted by Gasteiger charge is -2.35. The molecule has 1 N–H and O–H groups in total. The molecule has 1 aliphatic rings. The van der Waals surface area contributed by atoms with Crippen molar-refractivity contribution in [1.82, 2.24) is 5.32 Å². The lowest BCUT2D eigenvalue weighted by Crippen LogP contribution is -2.45. The van der Waals surface area contributed by atoms with Crippen LogP contribution in [0.15, 0.2) is 29.2 Å². The summed E-state index contributed by atoms with van der Waals surface area (Å²) in [7, 11) is 1.47. The van der Waals surface area contributed by atoms with Crippen molar-refractivity contribution in [2.45, 2.75) is 43.2 Å². The molecule has 5 nitrogen and oxygen atoms in total. The number of hydrogen-bond donors (Lipinski definition) is 1. The van der Waals surface area contributed by atoms with Gasteiger partial charge in [0.1, 0.15) is 0 Å². The molecule has 1 aliphatic heterocycles. The Morgan fingerprint density at radius 3 is 2.48 bits per heavy atom. The standard InChI is InChI=1S/C14H18ClNO4S/c1-14(2)9-11(7-8-20-14)16-13(17)10-3-5-12(6-4-10)21(15,18)19/h3-6,11H,7-9H2,1-2H3,(H,16,17). The maximum Gasteiger partial charge on any atom is 0.261 e. The van der Waals surface area contributed by atoms with E-state index in [1.165, 1.54) is 24.3 Å². The number of rotatable bonds is 3. The summed E-state index contributed by atoms with van der Waals surface area (Å²) in [5.74, 6) is -0.226. The summed E-state index contributed by atoms with van der Waals surface area (Å²) in [5.41, 5.74) is 0.163. The molecule has 0 radical (unpaired) electrons. The van der Waals surface area contributed by atoms with Crippen LogP contribution < -0.4 is 5.32 Å². The Balaban J connectivity index is 2.04. The van der Waals surface area contributed by atoms with E-state index >= 15 is 0 Å². The average Bonchev–Trinajstić information content (AvgIpc) is 2.36. The van der Waals surface area contributed by atoms with Crippen LogP contribution in [0.1, 0.15) is 37.0 Å². The second kappa shape index (κ2) is 5.94. The van der Waals surface area contributed by atoms with E-state index in [-0.39, 0.29) is 22.4 Å². The number of carbonyl (C=O) groups is 1. The van der Waals surface area contributed by atoms with E-state index in [1.807, 2.05) is 13.8 Å². The molecule has 1 heterocycles. The third-order valence-electron chi connectivity index (χ3n) is 3.43. The summed E-state index contributed by atoms with van der Waals surface area (Å²) in [6, 6.07) is 5.61. The molecule has 1 unspecified atom stereocenters. The predicted octanol–water partition coefficient (Wildman–Crippen LogP) is 2.30. The maximum atomic E-state index is 12.2. The molecule has 0 bridgehead atoms. The van der Waals surface area contributed by atoms with E-state index in [2.05, 4.69) is 5.32 Å². The molecule has 1 atom stereocenters. The van der Waals surface area contributed by atoms with Crippen molar-refractivity contribution >= 4 is 25.6 Å². The van der Waals surface area contributed by atoms with Crippen molar-refractivity contribution in [3.05, 3.63) is 29.8 Å². The van der Waals surface area contributed by atoms with Gasteiger partial charge in [0.15, 0.2) is 0 Å². The first kappa shape index (κ1) is 16.3. The van der Waals surface area contributed by atoms with Crippen molar-refractivity contribution in [1.29, 1.82) is 0 Å². The van der Waals surface area contributed by atoms with Gasteiger partial charge in [0, 0.05) is 28.9 Å². The number of hydrogen-bond acceptors (Lipinski definition) is 4. The summed E-state index contributed by atoms with van der Waals surface area (Å²) in [6.07, 6.45) is 1.51. The third-order valence-corrected chi connectivity index (χ3v) is 4.80. The van der Waals surface area contributed by atoms with Gasteiger partial charge in [-0.25, -0.2) is 8.42 Å². The fourth-order valence-corrected chi connectivity index (χ4v) is 3.16. The topological polar surface area (TPSA) is 72.5 Å². The van der Waals surface area contributed by atoms with Crippen molar-refractivity contribution in [3.63, 3.8) is 0 Å². The van der Waals surface area contributed by atoms with E-state index in [0.717, 1.165) is 12.8 Å². The molecule has 1 amide bonds. The fraction of sp³-hybridized carbons (Fsp3) is 0.500. The van der Waals surface area contributed by atoms with Crippen LogP contribution in [0.5, 0.6) is 0 Å². The van der Waals surface area contributed by atoms with Gasteiger partial charge in [0.05, 0.1) is 10.5 Å². The van der Waals surface area contributed by atoms with Crippen LogP contribution in [-0.4, -0.2) is 32.6 Å². The minimum atomic E-state index is -3.76. The van der Waals surface area contributed by atoms with Crippen LogP contribution in [0.3, 0.4) is 0 Å². The molecule has 1 aromatic carbocycles. The van der Waals surface area contributed by atoms with Gasteiger partial charge in [-0.15, -0.1) is 0 Å². The van der Waals surface area contributed by atoms with Gasteiger partial charge < -0.3 is 10.1 Å². The molecule has 0 saturated carbocycles. The van der Waals surface area contributed by atoms with Crippen LogP contribution in [0.25, 0.3) is 0 Å². The van der Waals surface area contributed by atoms with Gasteiger partial charge in [-0.3, -0.25) is 4.79 Å². The molecule has 7 heteroatoms. The highest BCUT2D eigenvalue weighted by atomic mass is 35.7. The van der Waals surface area contributed by atoms with Gasteiger partial charge in [-0.2, -0.15) is 0 Å². The van der Waals surface area contributed by atoms with Gasteiger partial charge in [-0.05, 0) is 51.0 Å². The Kier molecular flexibility index (Phi) is 4.60. The molecular formula is C14H18ClNO4S. The first-order valence-corrected chi connectivity index (χ1v) is 8.98. The van der Waals surface area contributed by atoms with Gasteiger partial charge in [0.25, 0.3) is 15.0 Å². The SMILES string of the molecule is CC1(C)CC(NC(=O)c2ccc(S(=O)(=O)Cl)cc2)CCO1. The predicted molar refractivity (Wildman–Crippen MR) is 80.0 cm³/mol. The lowest BCUT2D eigenvalue weighted by atomic mass is 9.94. The monoisotopic (exact) mass is 331 g/mol. The molecule has 1 fully saturated rings. The first-order chi connectivity index (χ1) is 9.67. The van der Waals surface area contributed by atoms with E-state index in [1.54, 1.807) is 0 Å². The zero-order valence-electron chi connectivity index (χ0n) is 11.9. The number of carbonyl (C=O) groups excluding carboxylic acids is 1. The third kappa shape index (κ3) is 4.43. The van der Waals surface area contributed by atoms with Crippen molar-refractivity contribution in [2.75, 3.05) is 6.61 Å². The van der Waals surface area contributed by atoms with E-state index < -0.39 is 9.05 Å². The minimum Gasteiger partial charge on any atom is -0.375 e. The second-order valence-corrected chi connectivity index (χ2v) is 8.30. The molecule has 0 aromatic heterocycles. The maximum absolute atomic E-state index is 12.2. The number of ether oxygens (including phenoxy) is 1. The molecule has 0 aliphatic carbocycles. The zero-order chi connectivity index (χ0) is 15.7. The Morgan fingerprint density at radius 1 is 1.33 bits per heavy atom. The van der Waals surface area contributed by atoms with Crippen molar-refractivity contribution < 1.29 is 17.9 Å². The first-order valence-electron chi connectivity index (χ1n) is 6.67. The van der Waals surface area contributed by atoms with E-state index in [9.17, 15) is 13.2 Å².